The standard InChI is InChI=1S/C29H28N4O2/c34-29(33-25-7-5-19-9-11-30-12-10-23(19)13-25)27-8-6-22(24-17-31-32-18-24)16-28(27)35-26-14-20-3-1-2-4-21(20)15-26/h1-8,13,16-18,26,30H,9-12,14-15H2,(H,31,32)(H,33,34). The zero-order valence-corrected chi connectivity index (χ0v) is 19.5. The molecule has 1 aliphatic carbocycles. The Morgan fingerprint density at radius 2 is 1.69 bits per heavy atom. The average molecular weight is 465 g/mol. The molecule has 2 heterocycles. The maximum atomic E-state index is 13.4. The summed E-state index contributed by atoms with van der Waals surface area (Å²) in [7, 11) is 0. The summed E-state index contributed by atoms with van der Waals surface area (Å²) in [5.41, 5.74) is 8.53. The number of hydrogen-bond donors (Lipinski definition) is 3. The van der Waals surface area contributed by atoms with E-state index in [1.54, 1.807) is 6.20 Å². The first kappa shape index (κ1) is 21.6. The van der Waals surface area contributed by atoms with E-state index in [-0.39, 0.29) is 12.0 Å². The molecule has 1 aromatic heterocycles. The van der Waals surface area contributed by atoms with Gasteiger partial charge in [0.25, 0.3) is 5.91 Å². The Hall–Kier alpha value is -3.90. The van der Waals surface area contributed by atoms with Crippen molar-refractivity contribution in [3.8, 4) is 16.9 Å². The zero-order chi connectivity index (χ0) is 23.6. The summed E-state index contributed by atoms with van der Waals surface area (Å²) in [4.78, 5) is 13.4. The molecule has 1 amide bonds. The second-order valence-corrected chi connectivity index (χ2v) is 9.30. The van der Waals surface area contributed by atoms with Crippen molar-refractivity contribution in [2.45, 2.75) is 31.8 Å². The average Bonchev–Trinajstić information content (AvgIpc) is 3.49. The first-order chi connectivity index (χ1) is 17.2. The SMILES string of the molecule is O=C(Nc1ccc2c(c1)CCNCC2)c1ccc(-c2cn[nH]c2)cc1OC1Cc2ccccc2C1. The molecule has 0 bridgehead atoms. The van der Waals surface area contributed by atoms with E-state index in [0.29, 0.717) is 11.3 Å². The number of aromatic nitrogens is 2. The molecule has 4 aromatic rings. The van der Waals surface area contributed by atoms with Gasteiger partial charge < -0.3 is 15.4 Å². The second kappa shape index (κ2) is 9.39. The van der Waals surface area contributed by atoms with Gasteiger partial charge in [0.15, 0.2) is 0 Å². The summed E-state index contributed by atoms with van der Waals surface area (Å²) < 4.78 is 6.49. The Labute approximate surface area is 204 Å². The van der Waals surface area contributed by atoms with E-state index in [1.165, 1.54) is 22.3 Å². The molecule has 6 nitrogen and oxygen atoms in total. The molecule has 0 unspecified atom stereocenters. The molecule has 1 aliphatic heterocycles. The number of rotatable bonds is 5. The van der Waals surface area contributed by atoms with Gasteiger partial charge in [0.05, 0.1) is 11.8 Å². The molecule has 6 heteroatoms. The van der Waals surface area contributed by atoms with Crippen molar-refractivity contribution in [1.82, 2.24) is 15.5 Å². The van der Waals surface area contributed by atoms with E-state index in [4.69, 9.17) is 4.74 Å². The molecule has 2 aliphatic rings. The Morgan fingerprint density at radius 3 is 2.46 bits per heavy atom. The quantitative estimate of drug-likeness (QED) is 0.405. The van der Waals surface area contributed by atoms with Gasteiger partial charge in [0.1, 0.15) is 11.9 Å². The van der Waals surface area contributed by atoms with Crippen LogP contribution in [0.25, 0.3) is 11.1 Å². The molecule has 0 atom stereocenters. The predicted octanol–water partition coefficient (Wildman–Crippen LogP) is 4.56. The van der Waals surface area contributed by atoms with Crippen LogP contribution in [0.5, 0.6) is 5.75 Å². The summed E-state index contributed by atoms with van der Waals surface area (Å²) in [6.45, 7) is 1.95. The van der Waals surface area contributed by atoms with Gasteiger partial charge in [-0.3, -0.25) is 9.89 Å². The van der Waals surface area contributed by atoms with E-state index >= 15 is 0 Å². The maximum Gasteiger partial charge on any atom is 0.259 e. The summed E-state index contributed by atoms with van der Waals surface area (Å²) in [5.74, 6) is 0.430. The highest BCUT2D eigenvalue weighted by atomic mass is 16.5. The fourth-order valence-corrected chi connectivity index (χ4v) is 5.13. The molecule has 3 aromatic carbocycles. The summed E-state index contributed by atoms with van der Waals surface area (Å²) >= 11 is 0. The minimum atomic E-state index is -0.166. The third-order valence-electron chi connectivity index (χ3n) is 6.97. The van der Waals surface area contributed by atoms with E-state index < -0.39 is 0 Å². The number of amides is 1. The van der Waals surface area contributed by atoms with Gasteiger partial charge in [-0.25, -0.2) is 0 Å². The Morgan fingerprint density at radius 1 is 0.886 bits per heavy atom. The van der Waals surface area contributed by atoms with Gasteiger partial charge in [-0.15, -0.1) is 0 Å². The number of nitrogens with zero attached hydrogens (tertiary/aromatic N) is 1. The van der Waals surface area contributed by atoms with Gasteiger partial charge in [-0.05, 0) is 78.0 Å². The normalized spacial score (nSPS) is 15.2. The van der Waals surface area contributed by atoms with Crippen molar-refractivity contribution in [2.75, 3.05) is 18.4 Å². The van der Waals surface area contributed by atoms with Crippen molar-refractivity contribution in [1.29, 1.82) is 0 Å². The lowest BCUT2D eigenvalue weighted by Gasteiger charge is -2.18. The largest absolute Gasteiger partial charge is 0.489 e. The minimum absolute atomic E-state index is 0.00135. The lowest BCUT2D eigenvalue weighted by atomic mass is 10.0. The first-order valence-electron chi connectivity index (χ1n) is 12.2. The molecule has 0 radical (unpaired) electrons. The zero-order valence-electron chi connectivity index (χ0n) is 19.5. The Balaban J connectivity index is 1.28. The maximum absolute atomic E-state index is 13.4. The first-order valence-corrected chi connectivity index (χ1v) is 12.2. The fourth-order valence-electron chi connectivity index (χ4n) is 5.13. The van der Waals surface area contributed by atoms with Crippen LogP contribution in [0, 0.1) is 0 Å². The monoisotopic (exact) mass is 464 g/mol. The van der Waals surface area contributed by atoms with Crippen LogP contribution in [-0.4, -0.2) is 35.3 Å². The van der Waals surface area contributed by atoms with E-state index in [2.05, 4.69) is 57.2 Å². The van der Waals surface area contributed by atoms with Crippen LogP contribution >= 0.6 is 0 Å². The van der Waals surface area contributed by atoms with Crippen molar-refractivity contribution < 1.29 is 9.53 Å². The molecular formula is C29H28N4O2. The number of nitrogens with one attached hydrogen (secondary N) is 3. The van der Waals surface area contributed by atoms with E-state index in [0.717, 1.165) is 55.6 Å². The molecular weight excluding hydrogens is 436 g/mol. The Bertz CT molecular complexity index is 1340. The number of carbonyl (C=O) groups excluding carboxylic acids is 1. The van der Waals surface area contributed by atoms with Gasteiger partial charge in [-0.1, -0.05) is 36.4 Å². The molecule has 0 saturated carbocycles. The minimum Gasteiger partial charge on any atom is -0.489 e. The molecule has 0 spiro atoms. The van der Waals surface area contributed by atoms with Crippen LogP contribution in [0.3, 0.4) is 0 Å². The topological polar surface area (TPSA) is 79.0 Å². The van der Waals surface area contributed by atoms with Gasteiger partial charge >= 0.3 is 0 Å². The Kier molecular flexibility index (Phi) is 5.80. The molecule has 176 valence electrons. The molecule has 3 N–H and O–H groups in total. The van der Waals surface area contributed by atoms with Crippen LogP contribution in [0.1, 0.15) is 32.6 Å². The third-order valence-corrected chi connectivity index (χ3v) is 6.97. The van der Waals surface area contributed by atoms with Crippen molar-refractivity contribution in [2.24, 2.45) is 0 Å². The van der Waals surface area contributed by atoms with Crippen molar-refractivity contribution in [3.63, 3.8) is 0 Å². The smallest absolute Gasteiger partial charge is 0.259 e. The second-order valence-electron chi connectivity index (χ2n) is 9.30. The van der Waals surface area contributed by atoms with Crippen LogP contribution in [-0.2, 0) is 25.7 Å². The number of benzene rings is 3. The summed E-state index contributed by atoms with van der Waals surface area (Å²) in [6.07, 6.45) is 7.27. The van der Waals surface area contributed by atoms with Crippen molar-refractivity contribution in [3.05, 3.63) is 101 Å². The van der Waals surface area contributed by atoms with E-state index in [9.17, 15) is 4.79 Å². The van der Waals surface area contributed by atoms with E-state index in [1.807, 2.05) is 30.5 Å². The highest BCUT2D eigenvalue weighted by Crippen LogP contribution is 2.32. The van der Waals surface area contributed by atoms with Gasteiger partial charge in [0.2, 0.25) is 0 Å². The van der Waals surface area contributed by atoms with Crippen molar-refractivity contribution >= 4 is 11.6 Å². The third kappa shape index (κ3) is 4.57. The van der Waals surface area contributed by atoms with Crippen LogP contribution in [0.4, 0.5) is 5.69 Å². The number of hydrogen-bond acceptors (Lipinski definition) is 4. The van der Waals surface area contributed by atoms with Crippen LogP contribution in [0.15, 0.2) is 73.1 Å². The fraction of sp³-hybridized carbons (Fsp3) is 0.241. The highest BCUT2D eigenvalue weighted by molar-refractivity contribution is 6.06. The lowest BCUT2D eigenvalue weighted by molar-refractivity contribution is 0.102. The summed E-state index contributed by atoms with van der Waals surface area (Å²) in [5, 5.41) is 13.5. The molecule has 0 saturated heterocycles. The number of anilines is 1. The number of aromatic amines is 1. The van der Waals surface area contributed by atoms with Crippen LogP contribution in [0.2, 0.25) is 0 Å². The number of carbonyl (C=O) groups is 1. The number of ether oxygens (including phenoxy) is 1. The van der Waals surface area contributed by atoms with Crippen LogP contribution < -0.4 is 15.4 Å². The predicted molar refractivity (Wildman–Crippen MR) is 137 cm³/mol. The lowest BCUT2D eigenvalue weighted by Crippen LogP contribution is -2.20. The number of fused-ring (bicyclic) bond motifs is 2. The van der Waals surface area contributed by atoms with Gasteiger partial charge in [-0.2, -0.15) is 5.10 Å². The molecule has 35 heavy (non-hydrogen) atoms. The summed E-state index contributed by atoms with van der Waals surface area (Å²) in [6, 6.07) is 20.4. The number of H-pyrrole nitrogens is 1. The van der Waals surface area contributed by atoms with Gasteiger partial charge in [0, 0.05) is 30.3 Å². The highest BCUT2D eigenvalue weighted by Gasteiger charge is 2.25. The molecule has 6 rings (SSSR count). The molecule has 0 fully saturated rings.